The van der Waals surface area contributed by atoms with Crippen LogP contribution in [0.4, 0.5) is 0 Å². The summed E-state index contributed by atoms with van der Waals surface area (Å²) in [6.45, 7) is 0.127. The quantitative estimate of drug-likeness (QED) is 0.744. The molecule has 0 fully saturated rings. The maximum absolute atomic E-state index is 12.0. The molecule has 1 aromatic carbocycles. The van der Waals surface area contributed by atoms with Gasteiger partial charge in [-0.3, -0.25) is 4.79 Å². The lowest BCUT2D eigenvalue weighted by Crippen LogP contribution is -2.29. The normalized spacial score (nSPS) is 12.1. The first-order valence-corrected chi connectivity index (χ1v) is 6.41. The highest BCUT2D eigenvalue weighted by Gasteiger charge is 2.15. The molecule has 2 aromatic rings. The maximum Gasteiger partial charge on any atom is 0.268 e. The Morgan fingerprint density at radius 3 is 2.63 bits per heavy atom. The number of carbonyl (C=O) groups excluding carboxylic acids is 1. The summed E-state index contributed by atoms with van der Waals surface area (Å²) >= 11 is 0. The van der Waals surface area contributed by atoms with Crippen LogP contribution >= 0.6 is 0 Å². The molecule has 1 atom stereocenters. The third-order valence-corrected chi connectivity index (χ3v) is 3.00. The molecular formula is C15H18N2O2. The Hall–Kier alpha value is -2.07. The molecule has 3 N–H and O–H groups in total. The fourth-order valence-corrected chi connectivity index (χ4v) is 2.01. The standard InChI is InChI=1S/C15H18N2O2/c18-11-5-9-13(12-6-2-1-3-7-12)17-15(19)14-8-4-10-16-14/h1-4,6-8,10,13,16,18H,5,9,11H2,(H,17,19). The fourth-order valence-electron chi connectivity index (χ4n) is 2.01. The number of aromatic nitrogens is 1. The minimum atomic E-state index is -0.128. The highest BCUT2D eigenvalue weighted by Crippen LogP contribution is 2.18. The summed E-state index contributed by atoms with van der Waals surface area (Å²) in [7, 11) is 0. The number of rotatable bonds is 6. The zero-order valence-electron chi connectivity index (χ0n) is 10.7. The summed E-state index contributed by atoms with van der Waals surface area (Å²) in [6, 6.07) is 13.3. The molecule has 0 bridgehead atoms. The van der Waals surface area contributed by atoms with E-state index in [1.54, 1.807) is 18.3 Å². The van der Waals surface area contributed by atoms with Gasteiger partial charge < -0.3 is 15.4 Å². The van der Waals surface area contributed by atoms with Crippen LogP contribution in [0, 0.1) is 0 Å². The van der Waals surface area contributed by atoms with Crippen molar-refractivity contribution in [2.24, 2.45) is 0 Å². The number of aromatic amines is 1. The third kappa shape index (κ3) is 3.69. The fraction of sp³-hybridized carbons (Fsp3) is 0.267. The van der Waals surface area contributed by atoms with Gasteiger partial charge in [0.2, 0.25) is 0 Å². The minimum absolute atomic E-state index is 0.0795. The van der Waals surface area contributed by atoms with E-state index in [9.17, 15) is 4.79 Å². The number of aliphatic hydroxyl groups excluding tert-OH is 1. The number of benzene rings is 1. The van der Waals surface area contributed by atoms with Gasteiger partial charge in [-0.2, -0.15) is 0 Å². The lowest BCUT2D eigenvalue weighted by molar-refractivity contribution is 0.0928. The number of carbonyl (C=O) groups is 1. The highest BCUT2D eigenvalue weighted by atomic mass is 16.3. The molecule has 0 saturated carbocycles. The van der Waals surface area contributed by atoms with Gasteiger partial charge in [-0.1, -0.05) is 30.3 Å². The Morgan fingerprint density at radius 2 is 2.00 bits per heavy atom. The molecule has 4 heteroatoms. The molecule has 0 aliphatic heterocycles. The summed E-state index contributed by atoms with van der Waals surface area (Å²) < 4.78 is 0. The molecule has 2 rings (SSSR count). The summed E-state index contributed by atoms with van der Waals surface area (Å²) in [5.41, 5.74) is 1.60. The van der Waals surface area contributed by atoms with E-state index >= 15 is 0 Å². The average molecular weight is 258 g/mol. The van der Waals surface area contributed by atoms with E-state index in [2.05, 4.69) is 10.3 Å². The maximum atomic E-state index is 12.0. The average Bonchev–Trinajstić information content (AvgIpc) is 2.98. The Bertz CT molecular complexity index is 494. The van der Waals surface area contributed by atoms with Gasteiger partial charge in [-0.05, 0) is 30.5 Å². The van der Waals surface area contributed by atoms with E-state index in [-0.39, 0.29) is 18.6 Å². The van der Waals surface area contributed by atoms with E-state index in [0.29, 0.717) is 18.5 Å². The largest absolute Gasteiger partial charge is 0.396 e. The van der Waals surface area contributed by atoms with Crippen LogP contribution < -0.4 is 5.32 Å². The number of amides is 1. The summed E-state index contributed by atoms with van der Waals surface area (Å²) in [5.74, 6) is -0.128. The van der Waals surface area contributed by atoms with E-state index in [0.717, 1.165) is 5.56 Å². The van der Waals surface area contributed by atoms with Crippen LogP contribution in [0.3, 0.4) is 0 Å². The topological polar surface area (TPSA) is 65.1 Å². The Morgan fingerprint density at radius 1 is 1.21 bits per heavy atom. The highest BCUT2D eigenvalue weighted by molar-refractivity contribution is 5.92. The summed E-state index contributed by atoms with van der Waals surface area (Å²) in [6.07, 6.45) is 3.09. The second kappa shape index (κ2) is 6.75. The molecule has 0 radical (unpaired) electrons. The van der Waals surface area contributed by atoms with Crippen LogP contribution in [-0.2, 0) is 0 Å². The van der Waals surface area contributed by atoms with Gasteiger partial charge in [-0.15, -0.1) is 0 Å². The Labute approximate surface area is 112 Å². The first-order chi connectivity index (χ1) is 9.31. The number of nitrogens with one attached hydrogen (secondary N) is 2. The van der Waals surface area contributed by atoms with Crippen molar-refractivity contribution in [1.29, 1.82) is 0 Å². The van der Waals surface area contributed by atoms with Crippen molar-refractivity contribution in [1.82, 2.24) is 10.3 Å². The van der Waals surface area contributed by atoms with Crippen molar-refractivity contribution in [2.45, 2.75) is 18.9 Å². The number of aliphatic hydroxyl groups is 1. The van der Waals surface area contributed by atoms with Crippen LogP contribution in [0.5, 0.6) is 0 Å². The van der Waals surface area contributed by atoms with Gasteiger partial charge in [0, 0.05) is 12.8 Å². The van der Waals surface area contributed by atoms with Gasteiger partial charge in [-0.25, -0.2) is 0 Å². The number of hydrogen-bond acceptors (Lipinski definition) is 2. The zero-order valence-corrected chi connectivity index (χ0v) is 10.7. The van der Waals surface area contributed by atoms with E-state index in [4.69, 9.17) is 5.11 Å². The molecule has 1 amide bonds. The molecule has 19 heavy (non-hydrogen) atoms. The van der Waals surface area contributed by atoms with Crippen molar-refractivity contribution in [3.8, 4) is 0 Å². The number of hydrogen-bond donors (Lipinski definition) is 3. The molecule has 0 saturated heterocycles. The van der Waals surface area contributed by atoms with Gasteiger partial charge >= 0.3 is 0 Å². The molecule has 1 aromatic heterocycles. The van der Waals surface area contributed by atoms with Crippen molar-refractivity contribution >= 4 is 5.91 Å². The molecule has 1 unspecified atom stereocenters. The molecule has 0 aliphatic carbocycles. The van der Waals surface area contributed by atoms with E-state index < -0.39 is 0 Å². The van der Waals surface area contributed by atoms with Crippen molar-refractivity contribution in [3.63, 3.8) is 0 Å². The molecule has 0 spiro atoms. The van der Waals surface area contributed by atoms with Crippen molar-refractivity contribution < 1.29 is 9.90 Å². The van der Waals surface area contributed by atoms with E-state index in [1.165, 1.54) is 0 Å². The first kappa shape index (κ1) is 13.4. The first-order valence-electron chi connectivity index (χ1n) is 6.41. The molecule has 4 nitrogen and oxygen atoms in total. The lowest BCUT2D eigenvalue weighted by Gasteiger charge is -2.18. The minimum Gasteiger partial charge on any atom is -0.396 e. The Balaban J connectivity index is 2.08. The van der Waals surface area contributed by atoms with Crippen LogP contribution in [0.1, 0.15) is 34.9 Å². The predicted octanol–water partition coefficient (Wildman–Crippen LogP) is 2.26. The van der Waals surface area contributed by atoms with Crippen LogP contribution in [0.2, 0.25) is 0 Å². The van der Waals surface area contributed by atoms with Crippen molar-refractivity contribution in [2.75, 3.05) is 6.61 Å². The van der Waals surface area contributed by atoms with Crippen LogP contribution in [0.15, 0.2) is 48.7 Å². The Kier molecular flexibility index (Phi) is 4.75. The predicted molar refractivity (Wildman–Crippen MR) is 73.8 cm³/mol. The third-order valence-electron chi connectivity index (χ3n) is 3.00. The van der Waals surface area contributed by atoms with Crippen LogP contribution in [0.25, 0.3) is 0 Å². The van der Waals surface area contributed by atoms with Crippen LogP contribution in [-0.4, -0.2) is 22.6 Å². The lowest BCUT2D eigenvalue weighted by atomic mass is 10.0. The second-order valence-electron chi connectivity index (χ2n) is 4.39. The van der Waals surface area contributed by atoms with Gasteiger partial charge in [0.15, 0.2) is 0 Å². The monoisotopic (exact) mass is 258 g/mol. The SMILES string of the molecule is O=C(NC(CCCO)c1ccccc1)c1ccc[nH]1. The number of H-pyrrole nitrogens is 1. The van der Waals surface area contributed by atoms with E-state index in [1.807, 2.05) is 30.3 Å². The molecule has 0 aliphatic rings. The van der Waals surface area contributed by atoms with Gasteiger partial charge in [0.25, 0.3) is 5.91 Å². The van der Waals surface area contributed by atoms with Gasteiger partial charge in [0.05, 0.1) is 6.04 Å². The summed E-state index contributed by atoms with van der Waals surface area (Å²) in [4.78, 5) is 14.9. The smallest absolute Gasteiger partial charge is 0.268 e. The molecule has 1 heterocycles. The molecular weight excluding hydrogens is 240 g/mol. The second-order valence-corrected chi connectivity index (χ2v) is 4.39. The molecule has 100 valence electrons. The zero-order chi connectivity index (χ0) is 13.5. The van der Waals surface area contributed by atoms with Crippen molar-refractivity contribution in [3.05, 3.63) is 59.9 Å². The van der Waals surface area contributed by atoms with Gasteiger partial charge in [0.1, 0.15) is 5.69 Å². The summed E-state index contributed by atoms with van der Waals surface area (Å²) in [5, 5.41) is 12.0.